The van der Waals surface area contributed by atoms with Crippen molar-refractivity contribution < 1.29 is 36.6 Å². The molecule has 2 aromatic carbocycles. The van der Waals surface area contributed by atoms with E-state index in [1.54, 1.807) is 6.07 Å². The summed E-state index contributed by atoms with van der Waals surface area (Å²) < 4.78 is 75.9. The first-order valence-electron chi connectivity index (χ1n) is 15.3. The fourth-order valence-corrected chi connectivity index (χ4v) is 6.01. The van der Waals surface area contributed by atoms with Crippen molar-refractivity contribution in [3.8, 4) is 11.5 Å². The van der Waals surface area contributed by atoms with E-state index in [0.29, 0.717) is 50.7 Å². The summed E-state index contributed by atoms with van der Waals surface area (Å²) >= 11 is 0. The molecule has 0 atom stereocenters. The summed E-state index contributed by atoms with van der Waals surface area (Å²) in [6, 6.07) is 5.86. The first kappa shape index (κ1) is 31.3. The van der Waals surface area contributed by atoms with E-state index in [0.717, 1.165) is 45.1 Å². The average Bonchev–Trinajstić information content (AvgIpc) is 2.99. The van der Waals surface area contributed by atoms with E-state index in [9.17, 15) is 18.0 Å². The Kier molecular flexibility index (Phi) is 11.5. The lowest BCUT2D eigenvalue weighted by molar-refractivity contribution is -0.140. The van der Waals surface area contributed by atoms with Crippen LogP contribution in [0.3, 0.4) is 0 Å². The fraction of sp³-hybridized carbons (Fsp3) is 0.606. The van der Waals surface area contributed by atoms with Gasteiger partial charge in [0.15, 0.2) is 23.1 Å². The highest BCUT2D eigenvalue weighted by Crippen LogP contribution is 2.40. The highest BCUT2D eigenvalue weighted by Gasteiger charge is 2.32. The second-order valence-electron chi connectivity index (χ2n) is 11.4. The maximum atomic E-state index is 15.0. The SMILES string of the molecule is CCCCOc1ccc(C2CCC(C(=O)Oc3ccc(C4CCC(OCCCC)CC4)c(F)c3F)CC2)c(F)c1F. The van der Waals surface area contributed by atoms with Crippen molar-refractivity contribution in [2.45, 2.75) is 109 Å². The molecule has 0 unspecified atom stereocenters. The zero-order chi connectivity index (χ0) is 29.4. The molecule has 41 heavy (non-hydrogen) atoms. The molecule has 0 spiro atoms. The van der Waals surface area contributed by atoms with E-state index in [4.69, 9.17) is 14.2 Å². The lowest BCUT2D eigenvalue weighted by Crippen LogP contribution is -2.26. The summed E-state index contributed by atoms with van der Waals surface area (Å²) in [7, 11) is 0. The molecule has 4 nitrogen and oxygen atoms in total. The molecule has 0 aromatic heterocycles. The summed E-state index contributed by atoms with van der Waals surface area (Å²) in [5.74, 6) is -6.04. The van der Waals surface area contributed by atoms with Crippen molar-refractivity contribution in [1.82, 2.24) is 0 Å². The fourth-order valence-electron chi connectivity index (χ4n) is 6.01. The summed E-state index contributed by atoms with van der Waals surface area (Å²) in [5, 5.41) is 0. The minimum Gasteiger partial charge on any atom is -0.490 e. The van der Waals surface area contributed by atoms with Crippen LogP contribution in [0.5, 0.6) is 11.5 Å². The topological polar surface area (TPSA) is 44.8 Å². The van der Waals surface area contributed by atoms with Gasteiger partial charge in [0.25, 0.3) is 0 Å². The van der Waals surface area contributed by atoms with Gasteiger partial charge in [-0.15, -0.1) is 0 Å². The number of esters is 1. The number of ether oxygens (including phenoxy) is 3. The highest BCUT2D eigenvalue weighted by atomic mass is 19.2. The van der Waals surface area contributed by atoms with Gasteiger partial charge in [-0.1, -0.05) is 38.8 Å². The molecule has 2 aliphatic carbocycles. The van der Waals surface area contributed by atoms with Crippen LogP contribution in [-0.4, -0.2) is 25.3 Å². The van der Waals surface area contributed by atoms with Gasteiger partial charge >= 0.3 is 5.97 Å². The molecule has 0 amide bonds. The molecule has 0 heterocycles. The van der Waals surface area contributed by atoms with E-state index in [1.807, 2.05) is 6.92 Å². The van der Waals surface area contributed by atoms with E-state index in [-0.39, 0.29) is 29.3 Å². The zero-order valence-electron chi connectivity index (χ0n) is 24.2. The predicted octanol–water partition coefficient (Wildman–Crippen LogP) is 9.14. The van der Waals surface area contributed by atoms with Gasteiger partial charge in [-0.2, -0.15) is 8.78 Å². The van der Waals surface area contributed by atoms with Crippen molar-refractivity contribution in [2.24, 2.45) is 5.92 Å². The van der Waals surface area contributed by atoms with Gasteiger partial charge in [-0.05, 0) is 99.3 Å². The van der Waals surface area contributed by atoms with Crippen LogP contribution in [0.4, 0.5) is 17.6 Å². The van der Waals surface area contributed by atoms with Gasteiger partial charge in [-0.3, -0.25) is 4.79 Å². The zero-order valence-corrected chi connectivity index (χ0v) is 24.2. The van der Waals surface area contributed by atoms with Crippen LogP contribution < -0.4 is 9.47 Å². The van der Waals surface area contributed by atoms with E-state index >= 15 is 4.39 Å². The maximum absolute atomic E-state index is 15.0. The molecular weight excluding hydrogens is 536 g/mol. The van der Waals surface area contributed by atoms with Crippen molar-refractivity contribution in [2.75, 3.05) is 13.2 Å². The molecule has 0 N–H and O–H groups in total. The van der Waals surface area contributed by atoms with Gasteiger partial charge in [0, 0.05) is 6.61 Å². The highest BCUT2D eigenvalue weighted by molar-refractivity contribution is 5.75. The molecule has 226 valence electrons. The second kappa shape index (κ2) is 15.0. The Morgan fingerprint density at radius 1 is 0.683 bits per heavy atom. The van der Waals surface area contributed by atoms with Gasteiger partial charge < -0.3 is 14.2 Å². The number of halogens is 4. The third kappa shape index (κ3) is 7.82. The number of hydrogen-bond acceptors (Lipinski definition) is 4. The minimum atomic E-state index is -1.15. The van der Waals surface area contributed by atoms with E-state index in [2.05, 4.69) is 6.92 Å². The molecule has 0 saturated heterocycles. The van der Waals surface area contributed by atoms with Crippen LogP contribution in [0, 0.1) is 29.2 Å². The van der Waals surface area contributed by atoms with Gasteiger partial charge in [0.1, 0.15) is 0 Å². The van der Waals surface area contributed by atoms with E-state index in [1.165, 1.54) is 18.2 Å². The Morgan fingerprint density at radius 2 is 1.20 bits per heavy atom. The Bertz CT molecular complexity index is 1150. The molecule has 2 fully saturated rings. The molecule has 0 radical (unpaired) electrons. The van der Waals surface area contributed by atoms with Crippen molar-refractivity contribution in [1.29, 1.82) is 0 Å². The first-order valence-corrected chi connectivity index (χ1v) is 15.3. The summed E-state index contributed by atoms with van der Waals surface area (Å²) in [6.07, 6.45) is 8.60. The van der Waals surface area contributed by atoms with Crippen LogP contribution in [0.15, 0.2) is 24.3 Å². The molecule has 2 saturated carbocycles. The maximum Gasteiger partial charge on any atom is 0.314 e. The molecule has 2 aliphatic rings. The summed E-state index contributed by atoms with van der Waals surface area (Å²) in [6.45, 7) is 5.15. The predicted molar refractivity (Wildman–Crippen MR) is 149 cm³/mol. The lowest BCUT2D eigenvalue weighted by Gasteiger charge is -2.29. The van der Waals surface area contributed by atoms with Crippen LogP contribution >= 0.6 is 0 Å². The van der Waals surface area contributed by atoms with Crippen molar-refractivity contribution in [3.05, 3.63) is 58.7 Å². The number of benzene rings is 2. The van der Waals surface area contributed by atoms with Gasteiger partial charge in [-0.25, -0.2) is 8.78 Å². The molecule has 0 aliphatic heterocycles. The number of carbonyl (C=O) groups is 1. The Labute approximate surface area is 240 Å². The minimum absolute atomic E-state index is 0.0960. The van der Waals surface area contributed by atoms with Crippen LogP contribution in [0.2, 0.25) is 0 Å². The van der Waals surface area contributed by atoms with Crippen LogP contribution in [0.25, 0.3) is 0 Å². The monoisotopic (exact) mass is 578 g/mol. The smallest absolute Gasteiger partial charge is 0.314 e. The van der Waals surface area contributed by atoms with Gasteiger partial charge in [0.2, 0.25) is 11.6 Å². The molecule has 0 bridgehead atoms. The standard InChI is InChI=1S/C33H42F4O4/c1-3-5-19-39-24-13-11-22(12-14-24)26-16-18-28(32(37)30(26)35)41-33(38)23-9-7-21(8-10-23)25-15-17-27(31(36)29(25)34)40-20-6-4-2/h15-18,21-24H,3-14,19-20H2,1-2H3. The normalized spacial score (nSPS) is 22.9. The van der Waals surface area contributed by atoms with Crippen molar-refractivity contribution in [3.63, 3.8) is 0 Å². The Balaban J connectivity index is 1.30. The van der Waals surface area contributed by atoms with Crippen molar-refractivity contribution >= 4 is 5.97 Å². The molecular formula is C33H42F4O4. The number of carbonyl (C=O) groups excluding carboxylic acids is 1. The Hall–Kier alpha value is -2.61. The summed E-state index contributed by atoms with van der Waals surface area (Å²) in [4.78, 5) is 12.8. The van der Waals surface area contributed by atoms with E-state index < -0.39 is 40.9 Å². The number of hydrogen-bond donors (Lipinski definition) is 0. The van der Waals surface area contributed by atoms with Crippen LogP contribution in [-0.2, 0) is 9.53 Å². The number of unbranched alkanes of at least 4 members (excludes halogenated alkanes) is 2. The number of rotatable bonds is 12. The van der Waals surface area contributed by atoms with Gasteiger partial charge in [0.05, 0.1) is 18.6 Å². The largest absolute Gasteiger partial charge is 0.490 e. The second-order valence-corrected chi connectivity index (χ2v) is 11.4. The molecule has 8 heteroatoms. The first-order chi connectivity index (χ1) is 19.8. The molecule has 2 aromatic rings. The third-order valence-corrected chi connectivity index (χ3v) is 8.59. The Morgan fingerprint density at radius 3 is 1.78 bits per heavy atom. The summed E-state index contributed by atoms with van der Waals surface area (Å²) in [5.41, 5.74) is 0.577. The quantitative estimate of drug-likeness (QED) is 0.109. The molecule has 4 rings (SSSR count). The van der Waals surface area contributed by atoms with Crippen LogP contribution in [0.1, 0.15) is 114 Å². The average molecular weight is 579 g/mol. The third-order valence-electron chi connectivity index (χ3n) is 8.59. The lowest BCUT2D eigenvalue weighted by atomic mass is 9.78.